The fourth-order valence-corrected chi connectivity index (χ4v) is 6.03. The number of benzene rings is 2. The first-order valence-corrected chi connectivity index (χ1v) is 16.7. The van der Waals surface area contributed by atoms with Crippen LogP contribution in [0.2, 0.25) is 0 Å². The lowest BCUT2D eigenvalue weighted by Crippen LogP contribution is -2.54. The number of rotatable bonds is 7. The number of fused-ring (bicyclic) bond motifs is 1. The van der Waals surface area contributed by atoms with E-state index in [0.717, 1.165) is 22.8 Å². The monoisotopic (exact) mass is 651 g/mol. The van der Waals surface area contributed by atoms with Gasteiger partial charge in [0.05, 0.1) is 28.6 Å². The number of ether oxygens (including phenoxy) is 1. The van der Waals surface area contributed by atoms with Gasteiger partial charge in [-0.2, -0.15) is 0 Å². The lowest BCUT2D eigenvalue weighted by molar-refractivity contribution is -0.121. The standard InChI is InChI=1S/C32H38FN7O5S/c1-19-17-35-30(37-23-10-8-12-25(26(23)33)46(6,43)44)38-27(19)22-18-34-28-21(22)9-7-11-24(28)36-29(41)20(2)39-13-15-40(16-14-39)31(42)45-32(3,4)5/h7-12,17-18,20,34H,13-16H2,1-6H3,(H,36,41)(H,35,37,38). The number of halogens is 1. The summed E-state index contributed by atoms with van der Waals surface area (Å²) in [5, 5.41) is 6.64. The highest BCUT2D eigenvalue weighted by molar-refractivity contribution is 7.90. The predicted octanol–water partition coefficient (Wildman–Crippen LogP) is 5.10. The molecule has 1 aliphatic rings. The molecular formula is C32H38FN7O5S. The number of aromatic amines is 1. The molecule has 12 nitrogen and oxygen atoms in total. The van der Waals surface area contributed by atoms with Crippen LogP contribution in [0.4, 0.5) is 26.5 Å². The van der Waals surface area contributed by atoms with E-state index in [0.29, 0.717) is 43.1 Å². The van der Waals surface area contributed by atoms with E-state index >= 15 is 0 Å². The third kappa shape index (κ3) is 7.12. The molecule has 1 atom stereocenters. The molecule has 4 aromatic rings. The molecule has 2 aromatic heterocycles. The molecule has 1 saturated heterocycles. The molecule has 0 aliphatic carbocycles. The maximum absolute atomic E-state index is 15.0. The molecular weight excluding hydrogens is 613 g/mol. The normalized spacial score (nSPS) is 15.1. The molecule has 3 N–H and O–H groups in total. The van der Waals surface area contributed by atoms with Gasteiger partial charge < -0.3 is 25.3 Å². The van der Waals surface area contributed by atoms with E-state index in [1.54, 1.807) is 17.3 Å². The van der Waals surface area contributed by atoms with Gasteiger partial charge in [-0.1, -0.05) is 18.2 Å². The van der Waals surface area contributed by atoms with Crippen LogP contribution in [0.1, 0.15) is 33.3 Å². The van der Waals surface area contributed by atoms with E-state index in [2.05, 4.69) is 25.6 Å². The topological polar surface area (TPSA) is 150 Å². The summed E-state index contributed by atoms with van der Waals surface area (Å²) in [6, 6.07) is 9.16. The van der Waals surface area contributed by atoms with E-state index in [4.69, 9.17) is 4.74 Å². The van der Waals surface area contributed by atoms with Crippen molar-refractivity contribution in [2.75, 3.05) is 43.1 Å². The molecule has 3 heterocycles. The van der Waals surface area contributed by atoms with Gasteiger partial charge in [-0.3, -0.25) is 9.69 Å². The number of piperazine rings is 1. The lowest BCUT2D eigenvalue weighted by atomic mass is 10.1. The molecule has 46 heavy (non-hydrogen) atoms. The number of H-pyrrole nitrogens is 1. The number of para-hydroxylation sites is 1. The van der Waals surface area contributed by atoms with Gasteiger partial charge in [0.1, 0.15) is 10.5 Å². The third-order valence-corrected chi connectivity index (χ3v) is 8.82. The molecule has 14 heteroatoms. The second-order valence-corrected chi connectivity index (χ2v) is 14.3. The molecule has 5 rings (SSSR count). The Morgan fingerprint density at radius 2 is 1.74 bits per heavy atom. The Labute approximate surface area is 267 Å². The van der Waals surface area contributed by atoms with Crippen LogP contribution in [0.3, 0.4) is 0 Å². The number of nitrogens with one attached hydrogen (secondary N) is 3. The van der Waals surface area contributed by atoms with Crippen molar-refractivity contribution >= 4 is 50.1 Å². The zero-order chi connectivity index (χ0) is 33.4. The Morgan fingerprint density at radius 1 is 1.07 bits per heavy atom. The van der Waals surface area contributed by atoms with Gasteiger partial charge >= 0.3 is 6.09 Å². The number of carbonyl (C=O) groups is 2. The number of carbonyl (C=O) groups excluding carboxylic acids is 2. The maximum atomic E-state index is 15.0. The number of anilines is 3. The van der Waals surface area contributed by atoms with Gasteiger partial charge in [0.25, 0.3) is 0 Å². The zero-order valence-electron chi connectivity index (χ0n) is 26.6. The van der Waals surface area contributed by atoms with Gasteiger partial charge in [-0.25, -0.2) is 27.6 Å². The summed E-state index contributed by atoms with van der Waals surface area (Å²) in [5.74, 6) is -1.01. The quantitative estimate of drug-likeness (QED) is 0.248. The number of hydrogen-bond acceptors (Lipinski definition) is 9. The smallest absolute Gasteiger partial charge is 0.410 e. The van der Waals surface area contributed by atoms with Crippen molar-refractivity contribution in [3.05, 3.63) is 60.2 Å². The van der Waals surface area contributed by atoms with Gasteiger partial charge in [-0.15, -0.1) is 0 Å². The van der Waals surface area contributed by atoms with Crippen LogP contribution in [-0.4, -0.2) is 89.2 Å². The minimum Gasteiger partial charge on any atom is -0.444 e. The van der Waals surface area contributed by atoms with Crippen LogP contribution < -0.4 is 10.6 Å². The highest BCUT2D eigenvalue weighted by Gasteiger charge is 2.30. The van der Waals surface area contributed by atoms with Crippen molar-refractivity contribution in [2.24, 2.45) is 0 Å². The number of hydrogen-bond donors (Lipinski definition) is 3. The molecule has 0 spiro atoms. The zero-order valence-corrected chi connectivity index (χ0v) is 27.5. The molecule has 0 radical (unpaired) electrons. The van der Waals surface area contributed by atoms with Crippen molar-refractivity contribution in [3.63, 3.8) is 0 Å². The van der Waals surface area contributed by atoms with Crippen molar-refractivity contribution in [1.82, 2.24) is 24.8 Å². The number of aromatic nitrogens is 3. The van der Waals surface area contributed by atoms with Crippen molar-refractivity contribution in [1.29, 1.82) is 0 Å². The Balaban J connectivity index is 1.32. The van der Waals surface area contributed by atoms with Crippen molar-refractivity contribution in [2.45, 2.75) is 51.2 Å². The molecule has 0 bridgehead atoms. The first-order valence-electron chi connectivity index (χ1n) is 14.8. The molecule has 2 amide bonds. The third-order valence-electron chi connectivity index (χ3n) is 7.70. The maximum Gasteiger partial charge on any atom is 0.410 e. The summed E-state index contributed by atoms with van der Waals surface area (Å²) in [5.41, 5.74) is 2.73. The minimum atomic E-state index is -3.77. The van der Waals surface area contributed by atoms with E-state index in [1.807, 2.05) is 57.7 Å². The van der Waals surface area contributed by atoms with Gasteiger partial charge in [0, 0.05) is 55.8 Å². The van der Waals surface area contributed by atoms with Gasteiger partial charge in [0.15, 0.2) is 15.7 Å². The van der Waals surface area contributed by atoms with E-state index in [9.17, 15) is 22.4 Å². The highest BCUT2D eigenvalue weighted by atomic mass is 32.2. The molecule has 2 aromatic carbocycles. The van der Waals surface area contributed by atoms with Crippen LogP contribution in [-0.2, 0) is 19.4 Å². The Kier molecular flexibility index (Phi) is 9.05. The van der Waals surface area contributed by atoms with E-state index < -0.39 is 32.2 Å². The SMILES string of the molecule is Cc1cnc(Nc2cccc(S(C)(=O)=O)c2F)nc1-c1c[nH]c2c(NC(=O)C(C)N3CCN(C(=O)OC(C)(C)C)CC3)cccc12. The molecule has 1 unspecified atom stereocenters. The van der Waals surface area contributed by atoms with E-state index in [-0.39, 0.29) is 23.6 Å². The average molecular weight is 652 g/mol. The van der Waals surface area contributed by atoms with Crippen LogP contribution >= 0.6 is 0 Å². The molecule has 244 valence electrons. The molecule has 1 fully saturated rings. The lowest BCUT2D eigenvalue weighted by Gasteiger charge is -2.37. The number of aryl methyl sites for hydroxylation is 1. The first-order chi connectivity index (χ1) is 21.6. The Hall–Kier alpha value is -4.56. The first kappa shape index (κ1) is 32.8. The minimum absolute atomic E-state index is 0.0676. The Morgan fingerprint density at radius 3 is 2.41 bits per heavy atom. The summed E-state index contributed by atoms with van der Waals surface area (Å²) < 4.78 is 44.4. The molecule has 0 saturated carbocycles. The van der Waals surface area contributed by atoms with Crippen LogP contribution in [0, 0.1) is 12.7 Å². The fraction of sp³-hybridized carbons (Fsp3) is 0.375. The van der Waals surface area contributed by atoms with Crippen LogP contribution in [0.25, 0.3) is 22.2 Å². The summed E-state index contributed by atoms with van der Waals surface area (Å²) >= 11 is 0. The van der Waals surface area contributed by atoms with Crippen molar-refractivity contribution in [3.8, 4) is 11.3 Å². The second kappa shape index (κ2) is 12.7. The summed E-state index contributed by atoms with van der Waals surface area (Å²) in [4.78, 5) is 41.2. The summed E-state index contributed by atoms with van der Waals surface area (Å²) in [6.45, 7) is 11.2. The molecule has 1 aliphatic heterocycles. The summed E-state index contributed by atoms with van der Waals surface area (Å²) in [7, 11) is -3.77. The van der Waals surface area contributed by atoms with E-state index in [1.165, 1.54) is 18.2 Å². The fourth-order valence-electron chi connectivity index (χ4n) is 5.26. The van der Waals surface area contributed by atoms with Crippen LogP contribution in [0.5, 0.6) is 0 Å². The van der Waals surface area contributed by atoms with Crippen LogP contribution in [0.15, 0.2) is 53.7 Å². The van der Waals surface area contributed by atoms with Gasteiger partial charge in [-0.05, 0) is 58.4 Å². The van der Waals surface area contributed by atoms with Crippen molar-refractivity contribution < 1.29 is 27.1 Å². The Bertz CT molecular complexity index is 1900. The highest BCUT2D eigenvalue weighted by Crippen LogP contribution is 2.34. The largest absolute Gasteiger partial charge is 0.444 e. The van der Waals surface area contributed by atoms with Gasteiger partial charge in [0.2, 0.25) is 11.9 Å². The second-order valence-electron chi connectivity index (χ2n) is 12.3. The predicted molar refractivity (Wildman–Crippen MR) is 174 cm³/mol. The summed E-state index contributed by atoms with van der Waals surface area (Å²) in [6.07, 6.45) is 3.97. The average Bonchev–Trinajstić information content (AvgIpc) is 3.42. The number of amides is 2. The number of nitrogens with zero attached hydrogens (tertiary/aromatic N) is 4. The number of sulfone groups is 1.